The van der Waals surface area contributed by atoms with Gasteiger partial charge in [-0.25, -0.2) is 4.79 Å². The summed E-state index contributed by atoms with van der Waals surface area (Å²) in [4.78, 5) is 52.9. The molecule has 4 rings (SSSR count). The molecule has 166 valence electrons. The Kier molecular flexibility index (Phi) is 5.98. The highest BCUT2D eigenvalue weighted by molar-refractivity contribution is 6.07. The Labute approximate surface area is 182 Å². The summed E-state index contributed by atoms with van der Waals surface area (Å²) < 4.78 is 0. The molecule has 1 saturated carbocycles. The van der Waals surface area contributed by atoms with E-state index >= 15 is 0 Å². The number of hydrogen-bond acceptors (Lipinski definition) is 4. The van der Waals surface area contributed by atoms with Gasteiger partial charge in [0.05, 0.1) is 12.0 Å². The van der Waals surface area contributed by atoms with E-state index in [1.165, 1.54) is 4.90 Å². The molecule has 0 bridgehead atoms. The van der Waals surface area contributed by atoms with Gasteiger partial charge in [0.2, 0.25) is 11.8 Å². The molecule has 2 heterocycles. The molecular formula is C23H30N4O4. The van der Waals surface area contributed by atoms with E-state index in [0.29, 0.717) is 32.4 Å². The summed E-state index contributed by atoms with van der Waals surface area (Å²) in [6.45, 7) is 3.02. The van der Waals surface area contributed by atoms with E-state index in [-0.39, 0.29) is 48.7 Å². The second-order valence-corrected chi connectivity index (χ2v) is 8.85. The number of benzene rings is 1. The molecule has 0 radical (unpaired) electrons. The number of carbonyl (C=O) groups is 4. The summed E-state index contributed by atoms with van der Waals surface area (Å²) >= 11 is 0. The first-order valence-electron chi connectivity index (χ1n) is 11.2. The zero-order valence-corrected chi connectivity index (χ0v) is 17.9. The molecule has 3 aliphatic rings. The number of carbonyl (C=O) groups excluding carboxylic acids is 4. The number of urea groups is 1. The topological polar surface area (TPSA) is 98.8 Å². The average molecular weight is 427 g/mol. The van der Waals surface area contributed by atoms with Crippen LogP contribution < -0.4 is 10.6 Å². The van der Waals surface area contributed by atoms with Crippen LogP contribution in [0.15, 0.2) is 30.3 Å². The van der Waals surface area contributed by atoms with Crippen molar-refractivity contribution in [3.63, 3.8) is 0 Å². The van der Waals surface area contributed by atoms with Gasteiger partial charge < -0.3 is 15.5 Å². The smallest absolute Gasteiger partial charge is 0.325 e. The molecule has 2 saturated heterocycles. The van der Waals surface area contributed by atoms with Crippen LogP contribution in [0.1, 0.15) is 57.1 Å². The Morgan fingerprint density at radius 3 is 2.61 bits per heavy atom. The van der Waals surface area contributed by atoms with Crippen LogP contribution in [0.3, 0.4) is 0 Å². The Hall–Kier alpha value is -2.90. The highest BCUT2D eigenvalue weighted by atomic mass is 16.2. The van der Waals surface area contributed by atoms with Gasteiger partial charge >= 0.3 is 6.03 Å². The molecular weight excluding hydrogens is 396 g/mol. The molecule has 2 atom stereocenters. The SMILES string of the molecule is C[C@@H](c1ccccc1)N1C[C@@H](C(=O)NCCCN2C(=O)NC3(CCCC3)C2=O)CC1=O. The third-order valence-electron chi connectivity index (χ3n) is 6.84. The first kappa shape index (κ1) is 21.3. The predicted octanol–water partition coefficient (Wildman–Crippen LogP) is 1.97. The second-order valence-electron chi connectivity index (χ2n) is 8.85. The van der Waals surface area contributed by atoms with Gasteiger partial charge in [0.25, 0.3) is 5.91 Å². The third-order valence-corrected chi connectivity index (χ3v) is 6.84. The van der Waals surface area contributed by atoms with Crippen LogP contribution in [0.25, 0.3) is 0 Å². The Morgan fingerprint density at radius 2 is 1.90 bits per heavy atom. The summed E-state index contributed by atoms with van der Waals surface area (Å²) in [5.74, 6) is -0.677. The van der Waals surface area contributed by atoms with E-state index in [0.717, 1.165) is 18.4 Å². The summed E-state index contributed by atoms with van der Waals surface area (Å²) in [5, 5.41) is 5.74. The van der Waals surface area contributed by atoms with Crippen molar-refractivity contribution in [2.24, 2.45) is 5.92 Å². The Balaban J connectivity index is 1.23. The van der Waals surface area contributed by atoms with Crippen molar-refractivity contribution in [2.75, 3.05) is 19.6 Å². The van der Waals surface area contributed by atoms with Gasteiger partial charge in [-0.2, -0.15) is 0 Å². The summed E-state index contributed by atoms with van der Waals surface area (Å²) in [5.41, 5.74) is 0.356. The first-order valence-corrected chi connectivity index (χ1v) is 11.2. The molecule has 8 heteroatoms. The number of likely N-dealkylation sites (tertiary alicyclic amines) is 1. The molecule has 1 aliphatic carbocycles. The van der Waals surface area contributed by atoms with E-state index in [1.807, 2.05) is 37.3 Å². The van der Waals surface area contributed by atoms with Gasteiger partial charge in [0, 0.05) is 26.1 Å². The lowest BCUT2D eigenvalue weighted by Crippen LogP contribution is -2.44. The minimum Gasteiger partial charge on any atom is -0.356 e. The summed E-state index contributed by atoms with van der Waals surface area (Å²) in [6.07, 6.45) is 4.02. The standard InChI is InChI=1S/C23H30N4O4/c1-16(17-8-3-2-4-9-17)27-15-18(14-19(27)28)20(29)24-12-7-13-26-21(30)23(25-22(26)31)10-5-6-11-23/h2-4,8-9,16,18H,5-7,10-15H2,1H3,(H,24,29)(H,25,31)/t16-,18-/m0/s1. The monoisotopic (exact) mass is 426 g/mol. The number of nitrogens with one attached hydrogen (secondary N) is 2. The van der Waals surface area contributed by atoms with Gasteiger partial charge in [0.1, 0.15) is 5.54 Å². The van der Waals surface area contributed by atoms with Gasteiger partial charge in [-0.1, -0.05) is 43.2 Å². The number of hydrogen-bond donors (Lipinski definition) is 2. The third kappa shape index (κ3) is 4.16. The normalized spacial score (nSPS) is 23.5. The van der Waals surface area contributed by atoms with Crippen LogP contribution in [-0.4, -0.2) is 58.7 Å². The van der Waals surface area contributed by atoms with Crippen LogP contribution in [-0.2, 0) is 14.4 Å². The molecule has 2 aliphatic heterocycles. The largest absolute Gasteiger partial charge is 0.356 e. The summed E-state index contributed by atoms with van der Waals surface area (Å²) in [6, 6.07) is 9.38. The van der Waals surface area contributed by atoms with E-state index in [1.54, 1.807) is 4.90 Å². The van der Waals surface area contributed by atoms with Crippen molar-refractivity contribution in [2.45, 2.75) is 57.0 Å². The van der Waals surface area contributed by atoms with E-state index in [9.17, 15) is 19.2 Å². The second kappa shape index (κ2) is 8.69. The van der Waals surface area contributed by atoms with Crippen molar-refractivity contribution in [1.82, 2.24) is 20.4 Å². The minimum atomic E-state index is -0.691. The lowest BCUT2D eigenvalue weighted by Gasteiger charge is -2.25. The molecule has 3 fully saturated rings. The molecule has 0 aromatic heterocycles. The van der Waals surface area contributed by atoms with Crippen LogP contribution in [0, 0.1) is 5.92 Å². The fourth-order valence-electron chi connectivity index (χ4n) is 4.98. The van der Waals surface area contributed by atoms with Crippen molar-refractivity contribution in [3.05, 3.63) is 35.9 Å². The number of rotatable bonds is 7. The van der Waals surface area contributed by atoms with Crippen molar-refractivity contribution >= 4 is 23.8 Å². The zero-order chi connectivity index (χ0) is 22.0. The number of amides is 5. The molecule has 31 heavy (non-hydrogen) atoms. The van der Waals surface area contributed by atoms with E-state index < -0.39 is 5.54 Å². The minimum absolute atomic E-state index is 0.0160. The average Bonchev–Trinajstić information content (AvgIpc) is 3.45. The molecule has 1 spiro atoms. The van der Waals surface area contributed by atoms with Crippen LogP contribution >= 0.6 is 0 Å². The quantitative estimate of drug-likeness (QED) is 0.514. The van der Waals surface area contributed by atoms with Gasteiger partial charge in [-0.3, -0.25) is 19.3 Å². The van der Waals surface area contributed by atoms with E-state index in [2.05, 4.69) is 10.6 Å². The lowest BCUT2D eigenvalue weighted by molar-refractivity contribution is -0.131. The fourth-order valence-corrected chi connectivity index (χ4v) is 4.98. The molecule has 0 unspecified atom stereocenters. The van der Waals surface area contributed by atoms with Crippen molar-refractivity contribution < 1.29 is 19.2 Å². The fraction of sp³-hybridized carbons (Fsp3) is 0.565. The lowest BCUT2D eigenvalue weighted by atomic mass is 9.98. The number of imide groups is 1. The van der Waals surface area contributed by atoms with Crippen molar-refractivity contribution in [1.29, 1.82) is 0 Å². The maximum Gasteiger partial charge on any atom is 0.325 e. The Bertz CT molecular complexity index is 866. The molecule has 2 N–H and O–H groups in total. The molecule has 5 amide bonds. The maximum absolute atomic E-state index is 12.6. The maximum atomic E-state index is 12.6. The van der Waals surface area contributed by atoms with Gasteiger partial charge in [0.15, 0.2) is 0 Å². The zero-order valence-electron chi connectivity index (χ0n) is 17.9. The van der Waals surface area contributed by atoms with E-state index in [4.69, 9.17) is 0 Å². The molecule has 8 nitrogen and oxygen atoms in total. The first-order chi connectivity index (χ1) is 14.9. The predicted molar refractivity (Wildman–Crippen MR) is 114 cm³/mol. The van der Waals surface area contributed by atoms with Crippen LogP contribution in [0.5, 0.6) is 0 Å². The molecule has 1 aromatic rings. The van der Waals surface area contributed by atoms with Gasteiger partial charge in [-0.15, -0.1) is 0 Å². The summed E-state index contributed by atoms with van der Waals surface area (Å²) in [7, 11) is 0. The van der Waals surface area contributed by atoms with Crippen LogP contribution in [0.2, 0.25) is 0 Å². The number of nitrogens with zero attached hydrogens (tertiary/aromatic N) is 2. The molecule has 1 aromatic carbocycles. The van der Waals surface area contributed by atoms with Gasteiger partial charge in [-0.05, 0) is 31.7 Å². The highest BCUT2D eigenvalue weighted by Gasteiger charge is 2.52. The van der Waals surface area contributed by atoms with Crippen molar-refractivity contribution in [3.8, 4) is 0 Å². The Morgan fingerprint density at radius 1 is 1.19 bits per heavy atom. The highest BCUT2D eigenvalue weighted by Crippen LogP contribution is 2.35. The van der Waals surface area contributed by atoms with Crippen LogP contribution in [0.4, 0.5) is 4.79 Å².